The molecule has 0 aliphatic carbocycles. The van der Waals surface area contributed by atoms with Crippen molar-refractivity contribution in [3.05, 3.63) is 53.1 Å². The van der Waals surface area contributed by atoms with E-state index in [1.807, 2.05) is 37.3 Å². The van der Waals surface area contributed by atoms with Crippen molar-refractivity contribution in [3.8, 4) is 5.75 Å². The van der Waals surface area contributed by atoms with Crippen molar-refractivity contribution >= 4 is 33.0 Å². The van der Waals surface area contributed by atoms with Gasteiger partial charge < -0.3 is 10.1 Å². The molecule has 5 nitrogen and oxygen atoms in total. The first kappa shape index (κ1) is 17.4. The lowest BCUT2D eigenvalue weighted by Gasteiger charge is -2.18. The van der Waals surface area contributed by atoms with Crippen LogP contribution < -0.4 is 14.8 Å². The summed E-state index contributed by atoms with van der Waals surface area (Å²) in [6.45, 7) is 2.01. The number of hydrogen-bond donors (Lipinski definition) is 2. The highest BCUT2D eigenvalue weighted by molar-refractivity contribution is 7.92. The predicted octanol–water partition coefficient (Wildman–Crippen LogP) is 3.89. The van der Waals surface area contributed by atoms with Crippen LogP contribution in [0, 0.1) is 0 Å². The highest BCUT2D eigenvalue weighted by atomic mass is 35.5. The van der Waals surface area contributed by atoms with Gasteiger partial charge in [-0.05, 0) is 42.8 Å². The molecule has 0 amide bonds. The maximum absolute atomic E-state index is 11.5. The van der Waals surface area contributed by atoms with Crippen molar-refractivity contribution < 1.29 is 13.2 Å². The van der Waals surface area contributed by atoms with E-state index in [1.165, 1.54) is 7.11 Å². The van der Waals surface area contributed by atoms with E-state index < -0.39 is 10.0 Å². The third kappa shape index (κ3) is 5.04. The molecule has 0 saturated heterocycles. The van der Waals surface area contributed by atoms with Crippen molar-refractivity contribution in [1.82, 2.24) is 0 Å². The molecule has 2 N–H and O–H groups in total. The van der Waals surface area contributed by atoms with Gasteiger partial charge in [0, 0.05) is 16.8 Å². The summed E-state index contributed by atoms with van der Waals surface area (Å²) in [6, 6.07) is 12.8. The highest BCUT2D eigenvalue weighted by Gasteiger charge is 2.11. The second-order valence-corrected chi connectivity index (χ2v) is 7.39. The minimum absolute atomic E-state index is 0.0340. The molecule has 0 aliphatic rings. The van der Waals surface area contributed by atoms with Crippen molar-refractivity contribution in [2.45, 2.75) is 13.0 Å². The van der Waals surface area contributed by atoms with E-state index in [-0.39, 0.29) is 6.04 Å². The first-order valence-corrected chi connectivity index (χ1v) is 9.23. The maximum Gasteiger partial charge on any atom is 0.229 e. The van der Waals surface area contributed by atoms with Crippen molar-refractivity contribution in [2.24, 2.45) is 0 Å². The molecule has 7 heteroatoms. The lowest BCUT2D eigenvalue weighted by atomic mass is 10.1. The molecule has 0 bridgehead atoms. The second-order valence-electron chi connectivity index (χ2n) is 5.21. The molecule has 1 unspecified atom stereocenters. The summed E-state index contributed by atoms with van der Waals surface area (Å²) in [5.74, 6) is 0.458. The molecule has 2 rings (SSSR count). The Morgan fingerprint density at radius 2 is 1.78 bits per heavy atom. The number of methoxy groups -OCH3 is 1. The Morgan fingerprint density at radius 1 is 1.13 bits per heavy atom. The van der Waals surface area contributed by atoms with Gasteiger partial charge >= 0.3 is 0 Å². The smallest absolute Gasteiger partial charge is 0.229 e. The molecule has 0 heterocycles. The molecule has 1 atom stereocenters. The number of nitrogens with one attached hydrogen (secondary N) is 2. The van der Waals surface area contributed by atoms with Gasteiger partial charge in [-0.2, -0.15) is 0 Å². The predicted molar refractivity (Wildman–Crippen MR) is 95.0 cm³/mol. The summed E-state index contributed by atoms with van der Waals surface area (Å²) in [4.78, 5) is 0. The van der Waals surface area contributed by atoms with Gasteiger partial charge in [0.15, 0.2) is 0 Å². The van der Waals surface area contributed by atoms with Crippen LogP contribution in [0.4, 0.5) is 11.4 Å². The standard InChI is InChI=1S/C16H19ClN2O3S/c1-11(12-4-6-13(17)7-5-12)18-14-8-9-16(22-2)15(10-14)19-23(3,20)21/h4-11,18-19H,1-3H3. The highest BCUT2D eigenvalue weighted by Crippen LogP contribution is 2.30. The minimum atomic E-state index is -3.38. The van der Waals surface area contributed by atoms with Crippen LogP contribution >= 0.6 is 11.6 Å². The zero-order chi connectivity index (χ0) is 17.0. The van der Waals surface area contributed by atoms with E-state index in [4.69, 9.17) is 16.3 Å². The van der Waals surface area contributed by atoms with Crippen LogP contribution in [-0.4, -0.2) is 21.8 Å². The average Bonchev–Trinajstić information content (AvgIpc) is 2.46. The normalized spacial score (nSPS) is 12.5. The van der Waals surface area contributed by atoms with Crippen LogP contribution in [0.25, 0.3) is 0 Å². The van der Waals surface area contributed by atoms with Crippen molar-refractivity contribution in [3.63, 3.8) is 0 Å². The van der Waals surface area contributed by atoms with Crippen LogP contribution in [0.3, 0.4) is 0 Å². The number of hydrogen-bond acceptors (Lipinski definition) is 4. The number of anilines is 2. The Kier molecular flexibility index (Phi) is 5.38. The zero-order valence-corrected chi connectivity index (χ0v) is 14.7. The first-order valence-electron chi connectivity index (χ1n) is 6.96. The molecule has 2 aromatic rings. The Hall–Kier alpha value is -1.92. The topological polar surface area (TPSA) is 67.4 Å². The molecule has 124 valence electrons. The molecule has 0 aromatic heterocycles. The van der Waals surface area contributed by atoms with Crippen LogP contribution in [0.2, 0.25) is 5.02 Å². The fourth-order valence-corrected chi connectivity index (χ4v) is 2.85. The molecule has 23 heavy (non-hydrogen) atoms. The number of sulfonamides is 1. The van der Waals surface area contributed by atoms with Gasteiger partial charge in [-0.1, -0.05) is 23.7 Å². The van der Waals surface area contributed by atoms with Crippen LogP contribution in [-0.2, 0) is 10.0 Å². The van der Waals surface area contributed by atoms with E-state index in [0.717, 1.165) is 17.5 Å². The van der Waals surface area contributed by atoms with Gasteiger partial charge in [0.1, 0.15) is 5.75 Å². The van der Waals surface area contributed by atoms with E-state index in [9.17, 15) is 8.42 Å². The lowest BCUT2D eigenvalue weighted by molar-refractivity contribution is 0.417. The number of ether oxygens (including phenoxy) is 1. The quantitative estimate of drug-likeness (QED) is 0.825. The monoisotopic (exact) mass is 354 g/mol. The fraction of sp³-hybridized carbons (Fsp3) is 0.250. The van der Waals surface area contributed by atoms with Crippen molar-refractivity contribution in [1.29, 1.82) is 0 Å². The second kappa shape index (κ2) is 7.10. The Bertz CT molecular complexity index is 776. The zero-order valence-electron chi connectivity index (χ0n) is 13.1. The summed E-state index contributed by atoms with van der Waals surface area (Å²) in [5.41, 5.74) is 2.24. The van der Waals surface area contributed by atoms with E-state index in [1.54, 1.807) is 12.1 Å². The Labute approximate surface area is 141 Å². The van der Waals surface area contributed by atoms with E-state index >= 15 is 0 Å². The van der Waals surface area contributed by atoms with Gasteiger partial charge in [0.25, 0.3) is 0 Å². The summed E-state index contributed by atoms with van der Waals surface area (Å²) >= 11 is 5.89. The Balaban J connectivity index is 2.22. The molecular weight excluding hydrogens is 336 g/mol. The molecular formula is C16H19ClN2O3S. The molecule has 0 spiro atoms. The maximum atomic E-state index is 11.5. The van der Waals surface area contributed by atoms with E-state index in [2.05, 4.69) is 10.0 Å². The van der Waals surface area contributed by atoms with Crippen LogP contribution in [0.5, 0.6) is 5.75 Å². The number of halogens is 1. The molecule has 2 aromatic carbocycles. The molecule has 0 saturated carbocycles. The van der Waals surface area contributed by atoms with Gasteiger partial charge in [-0.15, -0.1) is 0 Å². The first-order chi connectivity index (χ1) is 10.8. The Morgan fingerprint density at radius 3 is 2.35 bits per heavy atom. The van der Waals surface area contributed by atoms with Gasteiger partial charge in [0.2, 0.25) is 10.0 Å². The molecule has 0 radical (unpaired) electrons. The lowest BCUT2D eigenvalue weighted by Crippen LogP contribution is -2.11. The largest absolute Gasteiger partial charge is 0.495 e. The summed E-state index contributed by atoms with van der Waals surface area (Å²) in [5, 5.41) is 4.01. The summed E-state index contributed by atoms with van der Waals surface area (Å²) in [6.07, 6.45) is 1.10. The van der Waals surface area contributed by atoms with E-state index in [0.29, 0.717) is 16.5 Å². The summed E-state index contributed by atoms with van der Waals surface area (Å²) < 4.78 is 30.5. The molecule has 0 fully saturated rings. The minimum Gasteiger partial charge on any atom is -0.495 e. The third-order valence-electron chi connectivity index (χ3n) is 3.25. The van der Waals surface area contributed by atoms with Gasteiger partial charge in [-0.3, -0.25) is 4.72 Å². The fourth-order valence-electron chi connectivity index (χ4n) is 2.16. The van der Waals surface area contributed by atoms with Gasteiger partial charge in [0.05, 0.1) is 19.1 Å². The van der Waals surface area contributed by atoms with Crippen LogP contribution in [0.1, 0.15) is 18.5 Å². The number of rotatable bonds is 6. The van der Waals surface area contributed by atoms with Crippen LogP contribution in [0.15, 0.2) is 42.5 Å². The SMILES string of the molecule is COc1ccc(NC(C)c2ccc(Cl)cc2)cc1NS(C)(=O)=O. The van der Waals surface area contributed by atoms with Gasteiger partial charge in [-0.25, -0.2) is 8.42 Å². The van der Waals surface area contributed by atoms with Crippen molar-refractivity contribution in [2.75, 3.05) is 23.4 Å². The average molecular weight is 355 g/mol. The number of benzene rings is 2. The molecule has 0 aliphatic heterocycles. The summed E-state index contributed by atoms with van der Waals surface area (Å²) in [7, 11) is -1.89. The third-order valence-corrected chi connectivity index (χ3v) is 4.09.